The van der Waals surface area contributed by atoms with Crippen molar-refractivity contribution >= 4 is 5.82 Å². The number of nitrogen functional groups attached to an aromatic ring is 1. The monoisotopic (exact) mass is 351 g/mol. The Labute approximate surface area is 156 Å². The zero-order chi connectivity index (χ0) is 18.3. The number of fused-ring (bicyclic) bond motifs is 2. The van der Waals surface area contributed by atoms with E-state index >= 15 is 0 Å². The molecule has 0 spiro atoms. The van der Waals surface area contributed by atoms with Crippen molar-refractivity contribution in [3.05, 3.63) is 48.0 Å². The highest BCUT2D eigenvalue weighted by Crippen LogP contribution is 2.51. The van der Waals surface area contributed by atoms with Crippen LogP contribution in [0.4, 0.5) is 5.82 Å². The average molecular weight is 351 g/mol. The smallest absolute Gasteiger partial charge is 0.124 e. The second kappa shape index (κ2) is 6.67. The van der Waals surface area contributed by atoms with Crippen molar-refractivity contribution in [2.24, 2.45) is 17.8 Å². The molecule has 2 bridgehead atoms. The number of benzene rings is 1. The molecule has 2 fully saturated rings. The van der Waals surface area contributed by atoms with Crippen LogP contribution in [0.3, 0.4) is 0 Å². The van der Waals surface area contributed by atoms with E-state index in [1.54, 1.807) is 6.07 Å². The summed E-state index contributed by atoms with van der Waals surface area (Å²) in [5, 5.41) is 11.6. The number of hydrogen-bond acceptors (Lipinski definition) is 4. The van der Waals surface area contributed by atoms with Crippen LogP contribution < -0.4 is 5.73 Å². The largest absolute Gasteiger partial charge is 0.384 e. The minimum Gasteiger partial charge on any atom is -0.384 e. The average Bonchev–Trinajstić information content (AvgIpc) is 2.80. The van der Waals surface area contributed by atoms with Crippen LogP contribution in [-0.2, 0) is 5.60 Å². The van der Waals surface area contributed by atoms with Gasteiger partial charge in [0, 0.05) is 37.0 Å². The fourth-order valence-corrected chi connectivity index (χ4v) is 4.99. The number of aromatic nitrogens is 1. The molecular weight excluding hydrogens is 322 g/mol. The van der Waals surface area contributed by atoms with Crippen LogP contribution in [0.25, 0.3) is 11.3 Å². The quantitative estimate of drug-likeness (QED) is 0.885. The van der Waals surface area contributed by atoms with Gasteiger partial charge in [-0.25, -0.2) is 4.98 Å². The third kappa shape index (κ3) is 3.01. The third-order valence-corrected chi connectivity index (χ3v) is 6.10. The lowest BCUT2D eigenvalue weighted by Gasteiger charge is -2.45. The second-order valence-electron chi connectivity index (χ2n) is 8.43. The highest BCUT2D eigenvalue weighted by atomic mass is 16.3. The van der Waals surface area contributed by atoms with Gasteiger partial charge >= 0.3 is 0 Å². The van der Waals surface area contributed by atoms with Crippen LogP contribution >= 0.6 is 0 Å². The number of hydrogen-bond donors (Lipinski definition) is 2. The van der Waals surface area contributed by atoms with E-state index < -0.39 is 5.60 Å². The first kappa shape index (κ1) is 17.5. The zero-order valence-electron chi connectivity index (χ0n) is 15.7. The number of aliphatic hydroxyl groups is 1. The van der Waals surface area contributed by atoms with Crippen molar-refractivity contribution in [1.82, 2.24) is 9.88 Å². The summed E-state index contributed by atoms with van der Waals surface area (Å²) in [5.41, 5.74) is 8.08. The van der Waals surface area contributed by atoms with Crippen LogP contribution in [0.15, 0.2) is 42.5 Å². The number of rotatable bonds is 4. The van der Waals surface area contributed by atoms with Crippen LogP contribution in [0.2, 0.25) is 0 Å². The lowest BCUT2D eigenvalue weighted by molar-refractivity contribution is -0.0913. The van der Waals surface area contributed by atoms with Crippen molar-refractivity contribution in [2.75, 3.05) is 25.4 Å². The van der Waals surface area contributed by atoms with Gasteiger partial charge in [-0.15, -0.1) is 0 Å². The standard InChI is InChI=1S/C22H29N3O/c1-15(2)12-25-13-18-10-11-19(14-25)22(18,26)17-8-6-16(7-9-17)20-4-3-5-21(23)24-20/h3-9,15,18-19,26H,10-14H2,1-2H3,(H2,23,24). The Hall–Kier alpha value is -1.91. The summed E-state index contributed by atoms with van der Waals surface area (Å²) in [5.74, 6) is 1.86. The molecule has 0 amide bonds. The highest BCUT2D eigenvalue weighted by molar-refractivity contribution is 5.61. The molecule has 26 heavy (non-hydrogen) atoms. The van der Waals surface area contributed by atoms with Crippen LogP contribution in [0.1, 0.15) is 32.3 Å². The van der Waals surface area contributed by atoms with E-state index in [-0.39, 0.29) is 0 Å². The number of piperidine rings is 1. The summed E-state index contributed by atoms with van der Waals surface area (Å²) in [7, 11) is 0. The minimum atomic E-state index is -0.685. The molecule has 2 heterocycles. The Bertz CT molecular complexity index is 757. The van der Waals surface area contributed by atoms with Gasteiger partial charge in [-0.2, -0.15) is 0 Å². The fraction of sp³-hybridized carbons (Fsp3) is 0.500. The van der Waals surface area contributed by atoms with Gasteiger partial charge < -0.3 is 15.7 Å². The molecule has 2 aliphatic rings. The second-order valence-corrected chi connectivity index (χ2v) is 8.43. The third-order valence-electron chi connectivity index (χ3n) is 6.10. The summed E-state index contributed by atoms with van der Waals surface area (Å²) >= 11 is 0. The Morgan fingerprint density at radius 1 is 1.12 bits per heavy atom. The van der Waals surface area contributed by atoms with E-state index in [4.69, 9.17) is 5.73 Å². The van der Waals surface area contributed by atoms with Gasteiger partial charge in [0.05, 0.1) is 11.3 Å². The topological polar surface area (TPSA) is 62.4 Å². The normalized spacial score (nSPS) is 28.6. The Morgan fingerprint density at radius 3 is 2.35 bits per heavy atom. The highest BCUT2D eigenvalue weighted by Gasteiger charge is 2.53. The first-order valence-corrected chi connectivity index (χ1v) is 9.75. The molecule has 1 saturated carbocycles. The number of nitrogens with two attached hydrogens (primary N) is 1. The summed E-state index contributed by atoms with van der Waals surface area (Å²) in [6.07, 6.45) is 2.24. The van der Waals surface area contributed by atoms with Gasteiger partial charge in [0.25, 0.3) is 0 Å². The molecule has 1 saturated heterocycles. The van der Waals surface area contributed by atoms with E-state index in [0.717, 1.165) is 49.3 Å². The number of nitrogens with zero attached hydrogens (tertiary/aromatic N) is 2. The summed E-state index contributed by atoms with van der Waals surface area (Å²) in [6.45, 7) is 7.67. The summed E-state index contributed by atoms with van der Waals surface area (Å²) in [6, 6.07) is 14.0. The molecule has 2 unspecified atom stereocenters. The molecule has 2 aromatic rings. The molecule has 138 valence electrons. The predicted molar refractivity (Wildman–Crippen MR) is 105 cm³/mol. The van der Waals surface area contributed by atoms with Crippen LogP contribution in [-0.4, -0.2) is 34.6 Å². The maximum atomic E-state index is 11.6. The molecule has 1 aromatic carbocycles. The Morgan fingerprint density at radius 2 is 1.77 bits per heavy atom. The maximum Gasteiger partial charge on any atom is 0.124 e. The van der Waals surface area contributed by atoms with Gasteiger partial charge in [-0.3, -0.25) is 0 Å². The number of anilines is 1. The minimum absolute atomic E-state index is 0.330. The molecule has 4 rings (SSSR count). The van der Waals surface area contributed by atoms with Crippen molar-refractivity contribution in [2.45, 2.75) is 32.3 Å². The predicted octanol–water partition coefficient (Wildman–Crippen LogP) is 3.52. The van der Waals surface area contributed by atoms with Crippen molar-refractivity contribution < 1.29 is 5.11 Å². The van der Waals surface area contributed by atoms with Crippen molar-refractivity contribution in [3.63, 3.8) is 0 Å². The molecule has 4 heteroatoms. The van der Waals surface area contributed by atoms with Crippen molar-refractivity contribution in [3.8, 4) is 11.3 Å². The Balaban J connectivity index is 1.58. The molecule has 3 N–H and O–H groups in total. The van der Waals surface area contributed by atoms with Gasteiger partial charge in [0.15, 0.2) is 0 Å². The lowest BCUT2D eigenvalue weighted by Crippen LogP contribution is -2.52. The van der Waals surface area contributed by atoms with Gasteiger partial charge in [0.1, 0.15) is 5.82 Å². The van der Waals surface area contributed by atoms with E-state index in [0.29, 0.717) is 23.6 Å². The van der Waals surface area contributed by atoms with Crippen LogP contribution in [0, 0.1) is 17.8 Å². The van der Waals surface area contributed by atoms with Crippen molar-refractivity contribution in [1.29, 1.82) is 0 Å². The molecule has 0 radical (unpaired) electrons. The van der Waals surface area contributed by atoms with Crippen LogP contribution in [0.5, 0.6) is 0 Å². The molecule has 1 aromatic heterocycles. The first-order chi connectivity index (χ1) is 12.5. The molecule has 2 atom stereocenters. The molecule has 1 aliphatic carbocycles. The van der Waals surface area contributed by atoms with E-state index in [2.05, 4.69) is 48.0 Å². The molecule has 1 aliphatic heterocycles. The maximum absolute atomic E-state index is 11.6. The number of likely N-dealkylation sites (tertiary alicyclic amines) is 1. The zero-order valence-corrected chi connectivity index (χ0v) is 15.7. The van der Waals surface area contributed by atoms with E-state index in [1.165, 1.54) is 0 Å². The van der Waals surface area contributed by atoms with Gasteiger partial charge in [0.2, 0.25) is 0 Å². The molecular formula is C22H29N3O. The first-order valence-electron chi connectivity index (χ1n) is 9.75. The fourth-order valence-electron chi connectivity index (χ4n) is 4.99. The summed E-state index contributed by atoms with van der Waals surface area (Å²) in [4.78, 5) is 6.94. The lowest BCUT2D eigenvalue weighted by atomic mass is 9.75. The number of pyridine rings is 1. The molecule has 4 nitrogen and oxygen atoms in total. The van der Waals surface area contributed by atoms with Gasteiger partial charge in [-0.05, 0) is 36.5 Å². The van der Waals surface area contributed by atoms with E-state index in [1.807, 2.05) is 12.1 Å². The summed E-state index contributed by atoms with van der Waals surface area (Å²) < 4.78 is 0. The van der Waals surface area contributed by atoms with Gasteiger partial charge in [-0.1, -0.05) is 44.2 Å². The van der Waals surface area contributed by atoms with E-state index in [9.17, 15) is 5.11 Å². The SMILES string of the molecule is CC(C)CN1CC2CCC(C1)C2(O)c1ccc(-c2cccc(N)n2)cc1. The Kier molecular flexibility index (Phi) is 4.49.